The SMILES string of the molecule is COCCOC(=O)Nc1cccc(NC(=O)Cn2nc3n(c2=O)CCCCC3)c1. The molecule has 29 heavy (non-hydrogen) atoms. The highest BCUT2D eigenvalue weighted by molar-refractivity contribution is 5.92. The van der Waals surface area contributed by atoms with Crippen LogP contribution in [0.1, 0.15) is 25.1 Å². The maximum atomic E-state index is 12.5. The zero-order chi connectivity index (χ0) is 20.6. The normalized spacial score (nSPS) is 13.3. The number of fused-ring (bicyclic) bond motifs is 1. The summed E-state index contributed by atoms with van der Waals surface area (Å²) >= 11 is 0. The molecule has 1 aromatic heterocycles. The molecule has 2 heterocycles. The zero-order valence-corrected chi connectivity index (χ0v) is 16.3. The van der Waals surface area contributed by atoms with E-state index in [4.69, 9.17) is 9.47 Å². The fourth-order valence-electron chi connectivity index (χ4n) is 3.11. The van der Waals surface area contributed by atoms with Crippen LogP contribution in [0.2, 0.25) is 0 Å². The lowest BCUT2D eigenvalue weighted by molar-refractivity contribution is -0.117. The van der Waals surface area contributed by atoms with E-state index >= 15 is 0 Å². The first-order valence-electron chi connectivity index (χ1n) is 9.56. The van der Waals surface area contributed by atoms with Gasteiger partial charge in [0.15, 0.2) is 0 Å². The number of carbonyl (C=O) groups excluding carboxylic acids is 2. The maximum Gasteiger partial charge on any atom is 0.411 e. The lowest BCUT2D eigenvalue weighted by Crippen LogP contribution is -2.30. The number of hydrogen-bond donors (Lipinski definition) is 2. The summed E-state index contributed by atoms with van der Waals surface area (Å²) in [6.45, 7) is 0.919. The summed E-state index contributed by atoms with van der Waals surface area (Å²) < 4.78 is 12.6. The van der Waals surface area contributed by atoms with E-state index in [1.807, 2.05) is 0 Å². The number of benzene rings is 1. The fraction of sp³-hybridized carbons (Fsp3) is 0.474. The molecule has 10 heteroatoms. The van der Waals surface area contributed by atoms with Crippen molar-refractivity contribution in [3.8, 4) is 0 Å². The molecule has 0 bridgehead atoms. The Labute approximate surface area is 167 Å². The van der Waals surface area contributed by atoms with E-state index in [1.165, 1.54) is 11.8 Å². The number of anilines is 2. The van der Waals surface area contributed by atoms with Crippen LogP contribution in [0.15, 0.2) is 29.1 Å². The standard InChI is InChI=1S/C19H25N5O5/c1-28-10-11-29-18(26)21-15-7-5-6-14(12-15)20-17(25)13-24-19(27)23-9-4-2-3-8-16(23)22-24/h5-7,12H,2-4,8-11,13H2,1H3,(H,20,25)(H,21,26). The fourth-order valence-corrected chi connectivity index (χ4v) is 3.11. The molecule has 0 radical (unpaired) electrons. The highest BCUT2D eigenvalue weighted by Gasteiger charge is 2.17. The first kappa shape index (κ1) is 20.6. The number of ether oxygens (including phenoxy) is 2. The quantitative estimate of drug-likeness (QED) is 0.679. The lowest BCUT2D eigenvalue weighted by Gasteiger charge is -2.09. The van der Waals surface area contributed by atoms with Crippen LogP contribution in [0.25, 0.3) is 0 Å². The topological polar surface area (TPSA) is 116 Å². The Morgan fingerprint density at radius 2 is 1.93 bits per heavy atom. The predicted octanol–water partition coefficient (Wildman–Crippen LogP) is 1.60. The van der Waals surface area contributed by atoms with Crippen LogP contribution in [0.5, 0.6) is 0 Å². The molecule has 0 atom stereocenters. The van der Waals surface area contributed by atoms with Gasteiger partial charge in [0, 0.05) is 31.5 Å². The Balaban J connectivity index is 1.58. The van der Waals surface area contributed by atoms with Gasteiger partial charge in [0.05, 0.1) is 6.61 Å². The molecule has 0 spiro atoms. The van der Waals surface area contributed by atoms with Crippen LogP contribution in [0.3, 0.4) is 0 Å². The third-order valence-electron chi connectivity index (χ3n) is 4.49. The Hall–Kier alpha value is -3.14. The Morgan fingerprint density at radius 1 is 1.14 bits per heavy atom. The van der Waals surface area contributed by atoms with Gasteiger partial charge in [-0.3, -0.25) is 14.7 Å². The van der Waals surface area contributed by atoms with Gasteiger partial charge in [0.2, 0.25) is 5.91 Å². The van der Waals surface area contributed by atoms with Crippen LogP contribution in [-0.4, -0.2) is 46.7 Å². The van der Waals surface area contributed by atoms with E-state index < -0.39 is 6.09 Å². The molecular weight excluding hydrogens is 378 g/mol. The predicted molar refractivity (Wildman–Crippen MR) is 106 cm³/mol. The van der Waals surface area contributed by atoms with E-state index in [0.717, 1.165) is 31.5 Å². The average molecular weight is 403 g/mol. The summed E-state index contributed by atoms with van der Waals surface area (Å²) in [4.78, 5) is 36.5. The lowest BCUT2D eigenvalue weighted by atomic mass is 10.2. The highest BCUT2D eigenvalue weighted by Crippen LogP contribution is 2.15. The minimum absolute atomic E-state index is 0.141. The van der Waals surface area contributed by atoms with Crippen molar-refractivity contribution in [3.05, 3.63) is 40.6 Å². The van der Waals surface area contributed by atoms with Crippen molar-refractivity contribution >= 4 is 23.4 Å². The second kappa shape index (κ2) is 9.87. The Kier molecular flexibility index (Phi) is 7.01. The molecular formula is C19H25N5O5. The third-order valence-corrected chi connectivity index (χ3v) is 4.49. The van der Waals surface area contributed by atoms with E-state index in [9.17, 15) is 14.4 Å². The molecule has 1 aliphatic heterocycles. The highest BCUT2D eigenvalue weighted by atomic mass is 16.6. The molecule has 0 fully saturated rings. The Morgan fingerprint density at radius 3 is 2.72 bits per heavy atom. The molecule has 1 aliphatic rings. The number of aromatic nitrogens is 3. The van der Waals surface area contributed by atoms with Crippen molar-refractivity contribution in [1.82, 2.24) is 14.3 Å². The van der Waals surface area contributed by atoms with Gasteiger partial charge < -0.3 is 14.8 Å². The van der Waals surface area contributed by atoms with Crippen LogP contribution in [0.4, 0.5) is 16.2 Å². The van der Waals surface area contributed by atoms with E-state index in [-0.39, 0.29) is 24.7 Å². The monoisotopic (exact) mass is 403 g/mol. The number of amides is 2. The van der Waals surface area contributed by atoms with Crippen molar-refractivity contribution in [2.75, 3.05) is 31.0 Å². The van der Waals surface area contributed by atoms with Gasteiger partial charge in [-0.15, -0.1) is 0 Å². The summed E-state index contributed by atoms with van der Waals surface area (Å²) in [6.07, 6.45) is 3.15. The second-order valence-electron chi connectivity index (χ2n) is 6.70. The van der Waals surface area contributed by atoms with Gasteiger partial charge in [0.1, 0.15) is 19.0 Å². The smallest absolute Gasteiger partial charge is 0.411 e. The molecule has 0 unspecified atom stereocenters. The first-order chi connectivity index (χ1) is 14.1. The van der Waals surface area contributed by atoms with Crippen molar-refractivity contribution < 1.29 is 19.1 Å². The summed E-state index contributed by atoms with van der Waals surface area (Å²) in [6, 6.07) is 6.64. The molecule has 0 saturated heterocycles. The first-order valence-corrected chi connectivity index (χ1v) is 9.56. The van der Waals surface area contributed by atoms with E-state index in [1.54, 1.807) is 28.8 Å². The van der Waals surface area contributed by atoms with Crippen molar-refractivity contribution in [3.63, 3.8) is 0 Å². The summed E-state index contributed by atoms with van der Waals surface area (Å²) in [7, 11) is 1.52. The average Bonchev–Trinajstić information content (AvgIpc) is 2.84. The van der Waals surface area contributed by atoms with Crippen LogP contribution >= 0.6 is 0 Å². The number of hydrogen-bond acceptors (Lipinski definition) is 6. The molecule has 0 saturated carbocycles. The van der Waals surface area contributed by atoms with Gasteiger partial charge in [-0.1, -0.05) is 12.5 Å². The molecule has 1 aromatic carbocycles. The molecule has 0 aliphatic carbocycles. The van der Waals surface area contributed by atoms with Gasteiger partial charge >= 0.3 is 11.8 Å². The summed E-state index contributed by atoms with van der Waals surface area (Å²) in [5.74, 6) is 0.360. The number of nitrogens with one attached hydrogen (secondary N) is 2. The maximum absolute atomic E-state index is 12.5. The van der Waals surface area contributed by atoms with Crippen LogP contribution in [0, 0.1) is 0 Å². The molecule has 156 valence electrons. The van der Waals surface area contributed by atoms with Crippen molar-refractivity contribution in [2.45, 2.75) is 38.8 Å². The van der Waals surface area contributed by atoms with Crippen LogP contribution in [-0.2, 0) is 33.8 Å². The minimum atomic E-state index is -0.614. The number of carbonyl (C=O) groups is 2. The molecule has 2 amide bonds. The van der Waals surface area contributed by atoms with Gasteiger partial charge in [-0.05, 0) is 31.0 Å². The van der Waals surface area contributed by atoms with Gasteiger partial charge in [0.25, 0.3) is 0 Å². The van der Waals surface area contributed by atoms with Gasteiger partial charge in [-0.25, -0.2) is 14.3 Å². The van der Waals surface area contributed by atoms with Gasteiger partial charge in [-0.2, -0.15) is 5.10 Å². The molecule has 3 rings (SSSR count). The van der Waals surface area contributed by atoms with Crippen molar-refractivity contribution in [2.24, 2.45) is 0 Å². The van der Waals surface area contributed by atoms with Crippen LogP contribution < -0.4 is 16.3 Å². The van der Waals surface area contributed by atoms with E-state index in [2.05, 4.69) is 15.7 Å². The molecule has 10 nitrogen and oxygen atoms in total. The number of nitrogens with zero attached hydrogens (tertiary/aromatic N) is 3. The largest absolute Gasteiger partial charge is 0.447 e. The Bertz CT molecular complexity index is 920. The minimum Gasteiger partial charge on any atom is -0.447 e. The zero-order valence-electron chi connectivity index (χ0n) is 16.3. The van der Waals surface area contributed by atoms with E-state index in [0.29, 0.717) is 24.5 Å². The molecule has 2 N–H and O–H groups in total. The second-order valence-corrected chi connectivity index (χ2v) is 6.70. The third kappa shape index (κ3) is 5.67. The van der Waals surface area contributed by atoms with Crippen molar-refractivity contribution in [1.29, 1.82) is 0 Å². The molecule has 2 aromatic rings. The summed E-state index contributed by atoms with van der Waals surface area (Å²) in [5, 5.41) is 9.60. The number of rotatable bonds is 7. The summed E-state index contributed by atoms with van der Waals surface area (Å²) in [5.41, 5.74) is 0.695. The number of aryl methyl sites for hydroxylation is 1. The number of methoxy groups -OCH3 is 1.